The van der Waals surface area contributed by atoms with Gasteiger partial charge in [0.25, 0.3) is 0 Å². The highest BCUT2D eigenvalue weighted by atomic mass is 35.5. The predicted molar refractivity (Wildman–Crippen MR) is 109 cm³/mol. The second-order valence-electron chi connectivity index (χ2n) is 6.18. The number of rotatable bonds is 8. The first kappa shape index (κ1) is 21.2. The summed E-state index contributed by atoms with van der Waals surface area (Å²) in [5.41, 5.74) is 1.93. The van der Waals surface area contributed by atoms with Crippen LogP contribution in [0.25, 0.3) is 0 Å². The summed E-state index contributed by atoms with van der Waals surface area (Å²) in [5, 5.41) is 3.83. The Balaban J connectivity index is 1.64. The number of nitrogens with zero attached hydrogens (tertiary/aromatic N) is 2. The van der Waals surface area contributed by atoms with E-state index in [0.717, 1.165) is 34.0 Å². The van der Waals surface area contributed by atoms with E-state index in [0.29, 0.717) is 18.1 Å². The van der Waals surface area contributed by atoms with Crippen LogP contribution in [0.3, 0.4) is 0 Å². The molecule has 0 unspecified atom stereocenters. The number of nitrogens with one attached hydrogen (secondary N) is 1. The minimum absolute atomic E-state index is 0.0113. The van der Waals surface area contributed by atoms with Gasteiger partial charge in [-0.25, -0.2) is 9.78 Å². The van der Waals surface area contributed by atoms with Gasteiger partial charge in [-0.05, 0) is 38.3 Å². The number of hydrogen-bond donors (Lipinski definition) is 1. The van der Waals surface area contributed by atoms with Crippen molar-refractivity contribution in [2.24, 2.45) is 0 Å². The molecule has 0 bridgehead atoms. The fraction of sp³-hybridized carbons (Fsp3) is 0.421. The Morgan fingerprint density at radius 2 is 2.04 bits per heavy atom. The lowest BCUT2D eigenvalue weighted by molar-refractivity contribution is -0.130. The van der Waals surface area contributed by atoms with Crippen LogP contribution in [-0.4, -0.2) is 42.1 Å². The van der Waals surface area contributed by atoms with Gasteiger partial charge in [-0.15, -0.1) is 11.3 Å². The van der Waals surface area contributed by atoms with Crippen molar-refractivity contribution in [2.75, 3.05) is 25.5 Å². The second kappa shape index (κ2) is 10.3. The first-order valence-electron chi connectivity index (χ1n) is 8.72. The van der Waals surface area contributed by atoms with E-state index in [-0.39, 0.29) is 12.5 Å². The van der Waals surface area contributed by atoms with Crippen molar-refractivity contribution >= 4 is 40.1 Å². The molecular weight excluding hydrogens is 386 g/mol. The lowest BCUT2D eigenvalue weighted by Crippen LogP contribution is -2.31. The molecular formula is C19H24ClN3O3S. The molecule has 0 saturated carbocycles. The van der Waals surface area contributed by atoms with E-state index in [1.54, 1.807) is 11.9 Å². The Labute approximate surface area is 168 Å². The molecule has 1 heterocycles. The molecule has 0 aliphatic rings. The number of aryl methyl sites for hydroxylation is 3. The van der Waals surface area contributed by atoms with Crippen molar-refractivity contribution in [3.05, 3.63) is 45.4 Å². The van der Waals surface area contributed by atoms with Crippen LogP contribution in [0.4, 0.5) is 9.93 Å². The van der Waals surface area contributed by atoms with Crippen LogP contribution in [0.15, 0.2) is 24.3 Å². The van der Waals surface area contributed by atoms with Gasteiger partial charge in [-0.2, -0.15) is 0 Å². The zero-order chi connectivity index (χ0) is 19.8. The molecule has 2 amide bonds. The smallest absolute Gasteiger partial charge is 0.413 e. The molecule has 2 aromatic rings. The van der Waals surface area contributed by atoms with Crippen LogP contribution < -0.4 is 5.32 Å². The van der Waals surface area contributed by atoms with Crippen molar-refractivity contribution < 1.29 is 14.3 Å². The minimum Gasteiger partial charge on any atom is -0.447 e. The lowest BCUT2D eigenvalue weighted by Gasteiger charge is -2.17. The predicted octanol–water partition coefficient (Wildman–Crippen LogP) is 4.44. The van der Waals surface area contributed by atoms with Crippen LogP contribution in [-0.2, 0) is 16.0 Å². The molecule has 0 aliphatic carbocycles. The number of amides is 2. The number of halogens is 1. The summed E-state index contributed by atoms with van der Waals surface area (Å²) in [6.45, 7) is 4.29. The van der Waals surface area contributed by atoms with Gasteiger partial charge in [0.05, 0.1) is 12.2 Å². The van der Waals surface area contributed by atoms with E-state index in [1.807, 2.05) is 38.1 Å². The number of benzene rings is 1. The summed E-state index contributed by atoms with van der Waals surface area (Å²) in [5.74, 6) is 0.0113. The van der Waals surface area contributed by atoms with Crippen LogP contribution >= 0.6 is 22.9 Å². The third-order valence-corrected chi connectivity index (χ3v) is 5.47. The quantitative estimate of drug-likeness (QED) is 0.699. The van der Waals surface area contributed by atoms with Gasteiger partial charge >= 0.3 is 6.09 Å². The third kappa shape index (κ3) is 6.84. The molecule has 2 rings (SSSR count). The Kier molecular flexibility index (Phi) is 8.06. The summed E-state index contributed by atoms with van der Waals surface area (Å²) in [7, 11) is 1.70. The molecule has 1 aromatic heterocycles. The molecule has 1 N–H and O–H groups in total. The first-order valence-corrected chi connectivity index (χ1v) is 9.91. The fourth-order valence-electron chi connectivity index (χ4n) is 2.37. The molecule has 6 nitrogen and oxygen atoms in total. The number of carbonyl (C=O) groups is 2. The second-order valence-corrected chi connectivity index (χ2v) is 7.79. The highest BCUT2D eigenvalue weighted by Gasteiger charge is 2.12. The normalized spacial score (nSPS) is 10.5. The van der Waals surface area contributed by atoms with E-state index in [4.69, 9.17) is 16.3 Å². The number of hydrogen-bond acceptors (Lipinski definition) is 5. The maximum Gasteiger partial charge on any atom is 0.413 e. The van der Waals surface area contributed by atoms with Crippen LogP contribution in [0.2, 0.25) is 5.02 Å². The minimum atomic E-state index is -0.566. The molecule has 0 fully saturated rings. The maximum atomic E-state index is 12.2. The van der Waals surface area contributed by atoms with Gasteiger partial charge in [0.1, 0.15) is 6.61 Å². The Morgan fingerprint density at radius 1 is 1.30 bits per heavy atom. The van der Waals surface area contributed by atoms with Crippen molar-refractivity contribution in [1.82, 2.24) is 9.88 Å². The molecule has 0 spiro atoms. The molecule has 8 heteroatoms. The van der Waals surface area contributed by atoms with E-state index in [9.17, 15) is 9.59 Å². The van der Waals surface area contributed by atoms with Crippen molar-refractivity contribution in [3.63, 3.8) is 0 Å². The average Bonchev–Trinajstić information content (AvgIpc) is 2.93. The number of ether oxygens (including phenoxy) is 1. The monoisotopic (exact) mass is 409 g/mol. The van der Waals surface area contributed by atoms with Gasteiger partial charge in [0.15, 0.2) is 5.13 Å². The van der Waals surface area contributed by atoms with E-state index in [1.165, 1.54) is 11.3 Å². The Morgan fingerprint density at radius 3 is 2.70 bits per heavy atom. The number of likely N-dealkylation sites (N-methyl/N-ethyl adjacent to an activating group) is 1. The molecule has 146 valence electrons. The Bertz CT molecular complexity index is 775. The summed E-state index contributed by atoms with van der Waals surface area (Å²) in [4.78, 5) is 30.8. The summed E-state index contributed by atoms with van der Waals surface area (Å²) in [6, 6.07) is 7.64. The van der Waals surface area contributed by atoms with Gasteiger partial charge in [0.2, 0.25) is 5.91 Å². The standard InChI is InChI=1S/C19H24ClN3O3S/c1-13-14(2)27-18(21-13)22-19(25)26-12-11-23(3)17(24)10-6-8-15-7-4-5-9-16(15)20/h4-5,7,9H,6,8,10-12H2,1-3H3,(H,21,22,25). The van der Waals surface area contributed by atoms with Gasteiger partial charge in [-0.3, -0.25) is 10.1 Å². The van der Waals surface area contributed by atoms with Gasteiger partial charge in [0, 0.05) is 23.4 Å². The van der Waals surface area contributed by atoms with Crippen LogP contribution in [0.5, 0.6) is 0 Å². The number of anilines is 1. The third-order valence-electron chi connectivity index (χ3n) is 4.12. The zero-order valence-electron chi connectivity index (χ0n) is 15.8. The zero-order valence-corrected chi connectivity index (χ0v) is 17.3. The average molecular weight is 410 g/mol. The van der Waals surface area contributed by atoms with Gasteiger partial charge in [-0.1, -0.05) is 29.8 Å². The molecule has 0 radical (unpaired) electrons. The summed E-state index contributed by atoms with van der Waals surface area (Å²) < 4.78 is 5.11. The highest BCUT2D eigenvalue weighted by Crippen LogP contribution is 2.21. The Hall–Kier alpha value is -2.12. The summed E-state index contributed by atoms with van der Waals surface area (Å²) in [6.07, 6.45) is 1.33. The fourth-order valence-corrected chi connectivity index (χ4v) is 3.40. The number of carbonyl (C=O) groups excluding carboxylic acids is 2. The molecule has 27 heavy (non-hydrogen) atoms. The largest absolute Gasteiger partial charge is 0.447 e. The van der Waals surface area contributed by atoms with Crippen molar-refractivity contribution in [3.8, 4) is 0 Å². The van der Waals surface area contributed by atoms with E-state index >= 15 is 0 Å². The van der Waals surface area contributed by atoms with E-state index in [2.05, 4.69) is 10.3 Å². The van der Waals surface area contributed by atoms with Crippen molar-refractivity contribution in [2.45, 2.75) is 33.1 Å². The number of aromatic nitrogens is 1. The van der Waals surface area contributed by atoms with Crippen molar-refractivity contribution in [1.29, 1.82) is 0 Å². The maximum absolute atomic E-state index is 12.2. The van der Waals surface area contributed by atoms with E-state index < -0.39 is 6.09 Å². The topological polar surface area (TPSA) is 71.5 Å². The SMILES string of the molecule is Cc1nc(NC(=O)OCCN(C)C(=O)CCCc2ccccc2Cl)sc1C. The number of thiazole rings is 1. The first-order chi connectivity index (χ1) is 12.9. The summed E-state index contributed by atoms with van der Waals surface area (Å²) >= 11 is 7.51. The molecule has 0 saturated heterocycles. The molecule has 1 aromatic carbocycles. The molecule has 0 atom stereocenters. The van der Waals surface area contributed by atoms with Crippen LogP contribution in [0, 0.1) is 13.8 Å². The van der Waals surface area contributed by atoms with Crippen LogP contribution in [0.1, 0.15) is 29.0 Å². The van der Waals surface area contributed by atoms with Gasteiger partial charge < -0.3 is 9.64 Å². The lowest BCUT2D eigenvalue weighted by atomic mass is 10.1. The molecule has 0 aliphatic heterocycles. The highest BCUT2D eigenvalue weighted by molar-refractivity contribution is 7.15.